The largest absolute Gasteiger partial charge is 0.368 e. The van der Waals surface area contributed by atoms with Gasteiger partial charge in [0.2, 0.25) is 5.65 Å². The topological polar surface area (TPSA) is 112 Å². The summed E-state index contributed by atoms with van der Waals surface area (Å²) in [6, 6.07) is 3.76. The molecule has 1 fully saturated rings. The van der Waals surface area contributed by atoms with Gasteiger partial charge in [-0.3, -0.25) is 18.7 Å². The molecule has 1 amide bonds. The molecule has 0 radical (unpaired) electrons. The number of aromatic amines is 1. The van der Waals surface area contributed by atoms with Crippen molar-refractivity contribution >= 4 is 34.0 Å². The van der Waals surface area contributed by atoms with Crippen molar-refractivity contribution in [1.29, 1.82) is 0 Å². The van der Waals surface area contributed by atoms with Crippen molar-refractivity contribution in [2.45, 2.75) is 6.92 Å². The van der Waals surface area contributed by atoms with Crippen molar-refractivity contribution in [3.8, 4) is 0 Å². The number of nitrogens with zero attached hydrogens (tertiary/aromatic N) is 5. The quantitative estimate of drug-likeness (QED) is 0.466. The van der Waals surface area contributed by atoms with Gasteiger partial charge in [0.1, 0.15) is 11.3 Å². The Morgan fingerprint density at radius 3 is 2.77 bits per heavy atom. The number of anilines is 2. The first-order valence-corrected chi connectivity index (χ1v) is 9.81. The summed E-state index contributed by atoms with van der Waals surface area (Å²) < 4.78 is 3.32. The number of aromatic nitrogens is 5. The molecule has 4 heterocycles. The van der Waals surface area contributed by atoms with Gasteiger partial charge in [0.15, 0.2) is 0 Å². The van der Waals surface area contributed by atoms with Crippen molar-refractivity contribution in [1.82, 2.24) is 29.5 Å². The lowest BCUT2D eigenvalue weighted by Crippen LogP contribution is -2.43. The second-order valence-corrected chi connectivity index (χ2v) is 7.50. The minimum Gasteiger partial charge on any atom is -0.368 e. The van der Waals surface area contributed by atoms with Crippen LogP contribution in [0, 0.1) is 6.92 Å². The number of H-pyrrole nitrogens is 1. The van der Waals surface area contributed by atoms with E-state index in [0.29, 0.717) is 16.9 Å². The van der Waals surface area contributed by atoms with E-state index in [1.54, 1.807) is 27.5 Å². The van der Waals surface area contributed by atoms with Gasteiger partial charge in [0, 0.05) is 56.7 Å². The Bertz CT molecular complexity index is 1330. The van der Waals surface area contributed by atoms with Gasteiger partial charge >= 0.3 is 0 Å². The molecule has 4 aromatic rings. The van der Waals surface area contributed by atoms with Crippen molar-refractivity contribution < 1.29 is 4.79 Å². The predicted octanol–water partition coefficient (Wildman–Crippen LogP) is 0.880. The summed E-state index contributed by atoms with van der Waals surface area (Å²) in [5, 5.41) is 11.6. The number of hydrogen-bond acceptors (Lipinski definition) is 6. The molecule has 0 saturated carbocycles. The van der Waals surface area contributed by atoms with Crippen LogP contribution in [0.25, 0.3) is 16.6 Å². The van der Waals surface area contributed by atoms with Gasteiger partial charge in [-0.15, -0.1) is 0 Å². The van der Waals surface area contributed by atoms with Crippen LogP contribution in [0.15, 0.2) is 35.5 Å². The number of fused-ring (bicyclic) bond motifs is 2. The highest BCUT2D eigenvalue weighted by Crippen LogP contribution is 2.29. The van der Waals surface area contributed by atoms with Gasteiger partial charge in [-0.2, -0.15) is 5.10 Å². The number of benzene rings is 1. The molecule has 3 N–H and O–H groups in total. The monoisotopic (exact) mass is 406 g/mol. The second-order valence-electron chi connectivity index (χ2n) is 7.50. The van der Waals surface area contributed by atoms with Crippen LogP contribution < -0.4 is 21.1 Å². The van der Waals surface area contributed by atoms with E-state index in [0.717, 1.165) is 42.9 Å². The van der Waals surface area contributed by atoms with E-state index >= 15 is 0 Å². The normalized spacial score (nSPS) is 14.5. The van der Waals surface area contributed by atoms with Gasteiger partial charge in [0.05, 0.1) is 17.5 Å². The van der Waals surface area contributed by atoms with Crippen LogP contribution >= 0.6 is 0 Å². The first kappa shape index (κ1) is 18.4. The van der Waals surface area contributed by atoms with Crippen LogP contribution in [0.3, 0.4) is 0 Å². The van der Waals surface area contributed by atoms with E-state index in [1.165, 1.54) is 0 Å². The molecule has 0 bridgehead atoms. The Morgan fingerprint density at radius 1 is 1.17 bits per heavy atom. The molecule has 5 rings (SSSR count). The third-order valence-electron chi connectivity index (χ3n) is 5.29. The average molecular weight is 406 g/mol. The van der Waals surface area contributed by atoms with Crippen molar-refractivity contribution in [2.75, 3.05) is 36.4 Å². The zero-order valence-corrected chi connectivity index (χ0v) is 16.8. The summed E-state index contributed by atoms with van der Waals surface area (Å²) in [5.74, 6) is -0.0393. The van der Waals surface area contributed by atoms with Crippen LogP contribution in [-0.4, -0.2) is 56.2 Å². The van der Waals surface area contributed by atoms with E-state index in [4.69, 9.17) is 0 Å². The van der Waals surface area contributed by atoms with Gasteiger partial charge < -0.3 is 20.5 Å². The number of amides is 1. The molecule has 0 unspecified atom stereocenters. The van der Waals surface area contributed by atoms with Crippen LogP contribution in [0.5, 0.6) is 0 Å². The Labute approximate surface area is 171 Å². The highest BCUT2D eigenvalue weighted by Gasteiger charge is 2.20. The number of nitrogens with one attached hydrogen (secondary N) is 3. The maximum absolute atomic E-state index is 13.0. The van der Waals surface area contributed by atoms with Crippen LogP contribution in [-0.2, 0) is 7.05 Å². The molecular weight excluding hydrogens is 384 g/mol. The number of aryl methyl sites for hydroxylation is 2. The zero-order chi connectivity index (χ0) is 20.8. The second kappa shape index (κ2) is 6.99. The number of piperazine rings is 1. The Morgan fingerprint density at radius 2 is 1.97 bits per heavy atom. The molecule has 30 heavy (non-hydrogen) atoms. The van der Waals surface area contributed by atoms with Crippen molar-refractivity contribution in [3.05, 3.63) is 52.3 Å². The van der Waals surface area contributed by atoms with E-state index in [2.05, 4.69) is 30.6 Å². The van der Waals surface area contributed by atoms with Crippen LogP contribution in [0.4, 0.5) is 11.5 Å². The average Bonchev–Trinajstić information content (AvgIpc) is 3.29. The minimum atomic E-state index is -0.363. The first-order chi connectivity index (χ1) is 14.5. The van der Waals surface area contributed by atoms with Crippen molar-refractivity contribution in [3.63, 3.8) is 0 Å². The Kier molecular flexibility index (Phi) is 4.28. The summed E-state index contributed by atoms with van der Waals surface area (Å²) in [7, 11) is 1.84. The molecule has 1 aliphatic rings. The minimum absolute atomic E-state index is 0.290. The summed E-state index contributed by atoms with van der Waals surface area (Å²) in [4.78, 5) is 34.4. The molecule has 10 nitrogen and oxygen atoms in total. The van der Waals surface area contributed by atoms with Gasteiger partial charge in [0.25, 0.3) is 11.5 Å². The SMILES string of the molecule is Cc1cn2cc(NC(=O)c3ccc(N4CCNCC4)c4cn(C)nc34)[nH]c(=O)c2n1. The van der Waals surface area contributed by atoms with E-state index in [1.807, 2.05) is 26.2 Å². The first-order valence-electron chi connectivity index (χ1n) is 9.81. The maximum atomic E-state index is 13.0. The maximum Gasteiger partial charge on any atom is 0.293 e. The van der Waals surface area contributed by atoms with Crippen LogP contribution in [0.1, 0.15) is 16.1 Å². The zero-order valence-electron chi connectivity index (χ0n) is 16.8. The van der Waals surface area contributed by atoms with Crippen LogP contribution in [0.2, 0.25) is 0 Å². The summed E-state index contributed by atoms with van der Waals surface area (Å²) >= 11 is 0. The van der Waals surface area contributed by atoms with Gasteiger partial charge in [-0.25, -0.2) is 4.98 Å². The summed E-state index contributed by atoms with van der Waals surface area (Å²) in [6.07, 6.45) is 5.31. The number of hydrogen-bond donors (Lipinski definition) is 3. The third-order valence-corrected chi connectivity index (χ3v) is 5.29. The van der Waals surface area contributed by atoms with Gasteiger partial charge in [-0.05, 0) is 19.1 Å². The molecule has 1 aliphatic heterocycles. The summed E-state index contributed by atoms with van der Waals surface area (Å²) in [5.41, 5.74) is 2.80. The van der Waals surface area contributed by atoms with E-state index in [-0.39, 0.29) is 17.1 Å². The molecule has 0 aliphatic carbocycles. The van der Waals surface area contributed by atoms with Crippen molar-refractivity contribution in [2.24, 2.45) is 7.05 Å². The van der Waals surface area contributed by atoms with E-state index in [9.17, 15) is 9.59 Å². The standard InChI is InChI=1S/C20H22N8O2/c1-12-9-28-11-16(24-20(30)18(28)22-12)23-19(29)13-3-4-15(27-7-5-21-6-8-27)14-10-26(2)25-17(13)14/h3-4,9-11,21H,5-8H2,1-2H3,(H,23,29)(H,24,30). The third kappa shape index (κ3) is 3.11. The highest BCUT2D eigenvalue weighted by atomic mass is 16.2. The highest BCUT2D eigenvalue weighted by molar-refractivity contribution is 6.13. The molecule has 1 aromatic carbocycles. The fourth-order valence-corrected chi connectivity index (χ4v) is 3.96. The lowest BCUT2D eigenvalue weighted by atomic mass is 10.1. The Balaban J connectivity index is 1.51. The lowest BCUT2D eigenvalue weighted by Gasteiger charge is -2.30. The molecule has 3 aromatic heterocycles. The Hall–Kier alpha value is -3.66. The fraction of sp³-hybridized carbons (Fsp3) is 0.300. The molecule has 0 atom stereocenters. The molecule has 0 spiro atoms. The number of carbonyl (C=O) groups is 1. The lowest BCUT2D eigenvalue weighted by molar-refractivity contribution is 0.102. The number of carbonyl (C=O) groups excluding carboxylic acids is 1. The molecule has 10 heteroatoms. The molecular formula is C20H22N8O2. The molecule has 154 valence electrons. The number of rotatable bonds is 3. The number of imidazole rings is 1. The summed E-state index contributed by atoms with van der Waals surface area (Å²) in [6.45, 7) is 5.46. The van der Waals surface area contributed by atoms with Gasteiger partial charge in [-0.1, -0.05) is 0 Å². The smallest absolute Gasteiger partial charge is 0.293 e. The predicted molar refractivity (Wildman–Crippen MR) is 114 cm³/mol. The molecule has 1 saturated heterocycles. The van der Waals surface area contributed by atoms with E-state index < -0.39 is 0 Å². The fourth-order valence-electron chi connectivity index (χ4n) is 3.96.